The second-order valence-corrected chi connectivity index (χ2v) is 6.53. The summed E-state index contributed by atoms with van der Waals surface area (Å²) in [7, 11) is 0. The van der Waals surface area contributed by atoms with Crippen molar-refractivity contribution < 1.29 is 9.59 Å². The summed E-state index contributed by atoms with van der Waals surface area (Å²) in [5.74, 6) is -0.222. The number of hydrogen-bond donors (Lipinski definition) is 1. The number of aryl methyl sites for hydroxylation is 3. The number of nitrogens with one attached hydrogen (secondary N) is 1. The molecule has 7 heteroatoms. The number of benzene rings is 2. The molecule has 0 aliphatic carbocycles. The molecule has 1 aromatic heterocycles. The molecule has 0 fully saturated rings. The minimum atomic E-state index is -0.193. The summed E-state index contributed by atoms with van der Waals surface area (Å²) in [5.41, 5.74) is 5.29. The van der Waals surface area contributed by atoms with Crippen molar-refractivity contribution in [3.8, 4) is 5.69 Å². The molecule has 3 rings (SSSR count). The van der Waals surface area contributed by atoms with Gasteiger partial charge in [-0.2, -0.15) is 0 Å². The maximum atomic E-state index is 12.3. The number of nitrogens with zero attached hydrogens (tertiary/aromatic N) is 4. The molecule has 1 N–H and O–H groups in total. The maximum absolute atomic E-state index is 12.3. The van der Waals surface area contributed by atoms with Crippen molar-refractivity contribution in [3.05, 3.63) is 65.0 Å². The summed E-state index contributed by atoms with van der Waals surface area (Å²) in [6.07, 6.45) is 1.83. The fourth-order valence-electron chi connectivity index (χ4n) is 2.77. The van der Waals surface area contributed by atoms with Crippen molar-refractivity contribution in [1.29, 1.82) is 0 Å². The van der Waals surface area contributed by atoms with Gasteiger partial charge in [-0.1, -0.05) is 12.1 Å². The lowest BCUT2D eigenvalue weighted by atomic mass is 10.0. The lowest BCUT2D eigenvalue weighted by molar-refractivity contribution is -0.116. The van der Waals surface area contributed by atoms with Crippen molar-refractivity contribution in [3.63, 3.8) is 0 Å². The van der Waals surface area contributed by atoms with Crippen LogP contribution in [0.3, 0.4) is 0 Å². The molecule has 1 amide bonds. The van der Waals surface area contributed by atoms with Gasteiger partial charge in [0.15, 0.2) is 5.78 Å². The van der Waals surface area contributed by atoms with Gasteiger partial charge in [-0.15, -0.1) is 5.10 Å². The largest absolute Gasteiger partial charge is 0.326 e. The van der Waals surface area contributed by atoms with Crippen LogP contribution in [0.4, 0.5) is 5.69 Å². The summed E-state index contributed by atoms with van der Waals surface area (Å²) in [5, 5.41) is 13.9. The molecule has 0 bridgehead atoms. The fraction of sp³-hybridized carbons (Fsp3) is 0.250. The third-order valence-electron chi connectivity index (χ3n) is 4.48. The van der Waals surface area contributed by atoms with Gasteiger partial charge in [-0.3, -0.25) is 9.59 Å². The Hall–Kier alpha value is -3.35. The van der Waals surface area contributed by atoms with E-state index in [-0.39, 0.29) is 24.5 Å². The first kappa shape index (κ1) is 18.4. The smallest absolute Gasteiger partial charge is 0.224 e. The SMILES string of the molecule is Cc1ccc(C(=O)CCC(=O)Nc2ccc(-n3cnnn3)c(C)c2)cc1C. The zero-order chi connectivity index (χ0) is 19.4. The lowest BCUT2D eigenvalue weighted by Gasteiger charge is -2.09. The lowest BCUT2D eigenvalue weighted by Crippen LogP contribution is -2.14. The van der Waals surface area contributed by atoms with Crippen LogP contribution in [0.1, 0.15) is 39.9 Å². The van der Waals surface area contributed by atoms with Crippen molar-refractivity contribution in [1.82, 2.24) is 20.2 Å². The highest BCUT2D eigenvalue weighted by Crippen LogP contribution is 2.18. The third-order valence-corrected chi connectivity index (χ3v) is 4.48. The van der Waals surface area contributed by atoms with Crippen molar-refractivity contribution in [2.45, 2.75) is 33.6 Å². The molecule has 3 aromatic rings. The van der Waals surface area contributed by atoms with Gasteiger partial charge in [0.25, 0.3) is 0 Å². The predicted molar refractivity (Wildman–Crippen MR) is 102 cm³/mol. The molecule has 0 unspecified atom stereocenters. The van der Waals surface area contributed by atoms with Crippen LogP contribution in [-0.4, -0.2) is 31.9 Å². The fourth-order valence-corrected chi connectivity index (χ4v) is 2.77. The first-order valence-electron chi connectivity index (χ1n) is 8.68. The molecule has 138 valence electrons. The Kier molecular flexibility index (Phi) is 5.40. The van der Waals surface area contributed by atoms with E-state index < -0.39 is 0 Å². The van der Waals surface area contributed by atoms with E-state index in [0.29, 0.717) is 11.3 Å². The Labute approximate surface area is 157 Å². The first-order valence-corrected chi connectivity index (χ1v) is 8.68. The van der Waals surface area contributed by atoms with Crippen LogP contribution in [0.5, 0.6) is 0 Å². The number of hydrogen-bond acceptors (Lipinski definition) is 5. The standard InChI is InChI=1S/C20H21N5O2/c1-13-4-5-16(10-14(13)2)19(26)8-9-20(27)22-17-6-7-18(15(3)11-17)25-12-21-23-24-25/h4-7,10-12H,8-9H2,1-3H3,(H,22,27). The van der Waals surface area contributed by atoms with Crippen LogP contribution < -0.4 is 5.32 Å². The molecule has 27 heavy (non-hydrogen) atoms. The molecule has 7 nitrogen and oxygen atoms in total. The number of amides is 1. The Morgan fingerprint density at radius 3 is 2.44 bits per heavy atom. The second kappa shape index (κ2) is 7.90. The molecule has 0 saturated carbocycles. The number of rotatable bonds is 6. The van der Waals surface area contributed by atoms with Gasteiger partial charge < -0.3 is 5.32 Å². The molecular weight excluding hydrogens is 342 g/mol. The van der Waals surface area contributed by atoms with Crippen LogP contribution in [-0.2, 0) is 4.79 Å². The number of Topliss-reactive ketones (excluding diaryl/α,β-unsaturated/α-hetero) is 1. The Balaban J connectivity index is 1.58. The molecule has 2 aromatic carbocycles. The van der Waals surface area contributed by atoms with Crippen molar-refractivity contribution >= 4 is 17.4 Å². The Morgan fingerprint density at radius 2 is 1.78 bits per heavy atom. The first-order chi connectivity index (χ1) is 12.9. The number of aromatic nitrogens is 4. The monoisotopic (exact) mass is 363 g/mol. The zero-order valence-corrected chi connectivity index (χ0v) is 15.6. The highest BCUT2D eigenvalue weighted by atomic mass is 16.2. The number of anilines is 1. The summed E-state index contributed by atoms with van der Waals surface area (Å²) in [6, 6.07) is 11.1. The summed E-state index contributed by atoms with van der Waals surface area (Å²) >= 11 is 0. The number of tetrazole rings is 1. The van der Waals surface area contributed by atoms with Crippen LogP contribution in [0.25, 0.3) is 5.69 Å². The summed E-state index contributed by atoms with van der Waals surface area (Å²) in [6.45, 7) is 5.89. The van der Waals surface area contributed by atoms with Gasteiger partial charge in [-0.05, 0) is 72.2 Å². The number of ketones is 1. The van der Waals surface area contributed by atoms with Crippen LogP contribution >= 0.6 is 0 Å². The average Bonchev–Trinajstić information content (AvgIpc) is 3.16. The molecule has 0 radical (unpaired) electrons. The van der Waals surface area contributed by atoms with Gasteiger partial charge in [0.1, 0.15) is 6.33 Å². The van der Waals surface area contributed by atoms with Crippen molar-refractivity contribution in [2.75, 3.05) is 5.32 Å². The highest BCUT2D eigenvalue weighted by molar-refractivity contribution is 6.00. The van der Waals surface area contributed by atoms with Crippen LogP contribution in [0, 0.1) is 20.8 Å². The molecule has 0 aliphatic heterocycles. The summed E-state index contributed by atoms with van der Waals surface area (Å²) in [4.78, 5) is 24.5. The van der Waals surface area contributed by atoms with E-state index in [0.717, 1.165) is 22.4 Å². The van der Waals surface area contributed by atoms with Gasteiger partial charge in [0.05, 0.1) is 5.69 Å². The molecule has 1 heterocycles. The van der Waals surface area contributed by atoms with Gasteiger partial charge in [0.2, 0.25) is 5.91 Å². The quantitative estimate of drug-likeness (QED) is 0.679. The highest BCUT2D eigenvalue weighted by Gasteiger charge is 2.11. The molecular formula is C20H21N5O2. The van der Waals surface area contributed by atoms with E-state index in [1.165, 1.54) is 6.33 Å². The minimum Gasteiger partial charge on any atom is -0.326 e. The van der Waals surface area contributed by atoms with Crippen molar-refractivity contribution in [2.24, 2.45) is 0 Å². The van der Waals surface area contributed by atoms with E-state index >= 15 is 0 Å². The number of carbonyl (C=O) groups is 2. The maximum Gasteiger partial charge on any atom is 0.224 e. The third kappa shape index (κ3) is 4.44. The minimum absolute atomic E-state index is 0.0292. The topological polar surface area (TPSA) is 89.8 Å². The number of carbonyl (C=O) groups excluding carboxylic acids is 2. The van der Waals surface area contributed by atoms with Gasteiger partial charge in [0, 0.05) is 24.1 Å². The summed E-state index contributed by atoms with van der Waals surface area (Å²) < 4.78 is 1.56. The van der Waals surface area contributed by atoms with E-state index in [1.54, 1.807) is 10.7 Å². The average molecular weight is 363 g/mol. The second-order valence-electron chi connectivity index (χ2n) is 6.53. The molecule has 0 saturated heterocycles. The predicted octanol–water partition coefficient (Wildman–Crippen LogP) is 3.19. The van der Waals surface area contributed by atoms with E-state index in [1.807, 2.05) is 51.1 Å². The Bertz CT molecular complexity index is 980. The van der Waals surface area contributed by atoms with E-state index in [2.05, 4.69) is 20.8 Å². The molecule has 0 atom stereocenters. The van der Waals surface area contributed by atoms with Crippen LogP contribution in [0.2, 0.25) is 0 Å². The zero-order valence-electron chi connectivity index (χ0n) is 15.6. The van der Waals surface area contributed by atoms with E-state index in [9.17, 15) is 9.59 Å². The molecule has 0 aliphatic rings. The van der Waals surface area contributed by atoms with Gasteiger partial charge >= 0.3 is 0 Å². The molecule has 0 spiro atoms. The normalized spacial score (nSPS) is 10.6. The van der Waals surface area contributed by atoms with E-state index in [4.69, 9.17) is 0 Å². The Morgan fingerprint density at radius 1 is 0.963 bits per heavy atom. The van der Waals surface area contributed by atoms with Crippen LogP contribution in [0.15, 0.2) is 42.7 Å². The van der Waals surface area contributed by atoms with Gasteiger partial charge in [-0.25, -0.2) is 4.68 Å².